The van der Waals surface area contributed by atoms with E-state index >= 15 is 0 Å². The van der Waals surface area contributed by atoms with Crippen LogP contribution in [0, 0.1) is 0 Å². The van der Waals surface area contributed by atoms with E-state index in [1.54, 1.807) is 24.3 Å². The number of aromatic amines is 1. The Morgan fingerprint density at radius 3 is 2.32 bits per heavy atom. The number of rotatable bonds is 9. The number of nitrogens with zero attached hydrogens (tertiary/aromatic N) is 1. The van der Waals surface area contributed by atoms with E-state index in [9.17, 15) is 24.6 Å². The molecule has 0 fully saturated rings. The first kappa shape index (κ1) is 21.2. The van der Waals surface area contributed by atoms with Crippen LogP contribution in [-0.4, -0.2) is 45.1 Å². The van der Waals surface area contributed by atoms with Crippen LogP contribution < -0.4 is 11.3 Å². The molecule has 1 aromatic carbocycles. The normalized spacial score (nSPS) is 11.0. The van der Waals surface area contributed by atoms with Crippen molar-refractivity contribution in [1.82, 2.24) is 9.88 Å². The number of H-pyrrole nitrogens is 1. The van der Waals surface area contributed by atoms with Crippen molar-refractivity contribution in [3.8, 4) is 11.1 Å². The van der Waals surface area contributed by atoms with E-state index in [1.165, 1.54) is 0 Å². The molecule has 5 N–H and O–H groups in total. The number of carboxylic acids is 2. The van der Waals surface area contributed by atoms with Gasteiger partial charge in [0.25, 0.3) is 5.56 Å². The van der Waals surface area contributed by atoms with Gasteiger partial charge in [-0.2, -0.15) is 0 Å². The monoisotopic (exact) mass is 387 g/mol. The topological polar surface area (TPSA) is 137 Å². The molecule has 0 atom stereocenters. The summed E-state index contributed by atoms with van der Waals surface area (Å²) in [6.45, 7) is 6.26. The highest BCUT2D eigenvalue weighted by atomic mass is 16.4. The second kappa shape index (κ2) is 9.18. The quantitative estimate of drug-likeness (QED) is 0.519. The Balaban J connectivity index is 2.73. The molecule has 0 unspecified atom stereocenters. The molecule has 1 heterocycles. The average Bonchev–Trinajstić information content (AvgIpc) is 2.64. The maximum absolute atomic E-state index is 12.3. The fraction of sp³-hybridized carbons (Fsp3) is 0.350. The molecule has 0 spiro atoms. The highest BCUT2D eigenvalue weighted by Gasteiger charge is 2.27. The summed E-state index contributed by atoms with van der Waals surface area (Å²) in [5.41, 5.74) is 4.70. The third-order valence-electron chi connectivity index (χ3n) is 4.63. The highest BCUT2D eigenvalue weighted by Crippen LogP contribution is 2.32. The lowest BCUT2D eigenvalue weighted by Crippen LogP contribution is -2.26. The maximum Gasteiger partial charge on any atom is 0.342 e. The predicted octanol–water partition coefficient (Wildman–Crippen LogP) is 2.64. The minimum absolute atomic E-state index is 0.164. The minimum atomic E-state index is -1.51. The van der Waals surface area contributed by atoms with Crippen molar-refractivity contribution in [2.45, 2.75) is 33.2 Å². The largest absolute Gasteiger partial charge is 0.478 e. The molecule has 0 aliphatic heterocycles. The van der Waals surface area contributed by atoms with Crippen LogP contribution in [0.2, 0.25) is 0 Å². The van der Waals surface area contributed by atoms with Crippen molar-refractivity contribution in [1.29, 1.82) is 0 Å². The third-order valence-corrected chi connectivity index (χ3v) is 4.63. The first-order chi connectivity index (χ1) is 13.3. The first-order valence-corrected chi connectivity index (χ1v) is 9.14. The number of aromatic carboxylic acids is 2. The Bertz CT molecular complexity index is 936. The van der Waals surface area contributed by atoms with Crippen molar-refractivity contribution in [2.24, 2.45) is 0 Å². The van der Waals surface area contributed by atoms with Crippen molar-refractivity contribution in [2.75, 3.05) is 18.8 Å². The number of nitrogens with one attached hydrogen (secondary N) is 1. The molecule has 1 aromatic heterocycles. The number of benzene rings is 1. The zero-order valence-corrected chi connectivity index (χ0v) is 16.0. The predicted molar refractivity (Wildman–Crippen MR) is 107 cm³/mol. The molecule has 0 aliphatic rings. The number of nitrogens with two attached hydrogens (primary N) is 1. The number of pyridine rings is 1. The zero-order valence-electron chi connectivity index (χ0n) is 16.0. The van der Waals surface area contributed by atoms with Gasteiger partial charge in [-0.3, -0.25) is 9.69 Å². The molecule has 8 heteroatoms. The summed E-state index contributed by atoms with van der Waals surface area (Å²) in [6.07, 6.45) is 2.05. The summed E-state index contributed by atoms with van der Waals surface area (Å²) in [4.78, 5) is 40.2. The minimum Gasteiger partial charge on any atom is -0.478 e. The summed E-state index contributed by atoms with van der Waals surface area (Å²) < 4.78 is 0. The molecule has 0 saturated heterocycles. The second-order valence-corrected chi connectivity index (χ2v) is 6.48. The number of aromatic nitrogens is 1. The van der Waals surface area contributed by atoms with E-state index in [0.717, 1.165) is 31.5 Å². The first-order valence-electron chi connectivity index (χ1n) is 9.14. The van der Waals surface area contributed by atoms with Gasteiger partial charge in [0.2, 0.25) is 0 Å². The van der Waals surface area contributed by atoms with E-state index in [-0.39, 0.29) is 11.4 Å². The lowest BCUT2D eigenvalue weighted by Gasteiger charge is -2.23. The molecular formula is C20H25N3O5. The number of nitrogen functional groups attached to an aromatic ring is 1. The van der Waals surface area contributed by atoms with Crippen LogP contribution in [0.25, 0.3) is 11.1 Å². The molecule has 0 aliphatic carbocycles. The molecule has 0 amide bonds. The van der Waals surface area contributed by atoms with E-state index in [0.29, 0.717) is 12.1 Å². The summed E-state index contributed by atoms with van der Waals surface area (Å²) in [7, 11) is 0. The van der Waals surface area contributed by atoms with Crippen LogP contribution in [0.3, 0.4) is 0 Å². The van der Waals surface area contributed by atoms with Gasteiger partial charge in [-0.05, 0) is 30.6 Å². The molecule has 2 aromatic rings. The fourth-order valence-electron chi connectivity index (χ4n) is 3.19. The average molecular weight is 387 g/mol. The van der Waals surface area contributed by atoms with Crippen LogP contribution in [0.15, 0.2) is 29.1 Å². The molecule has 28 heavy (non-hydrogen) atoms. The number of hydrogen-bond acceptors (Lipinski definition) is 5. The van der Waals surface area contributed by atoms with Crippen LogP contribution >= 0.6 is 0 Å². The Morgan fingerprint density at radius 2 is 1.75 bits per heavy atom. The van der Waals surface area contributed by atoms with Crippen molar-refractivity contribution >= 4 is 17.8 Å². The van der Waals surface area contributed by atoms with Gasteiger partial charge in [0, 0.05) is 12.1 Å². The Kier molecular flexibility index (Phi) is 6.94. The Labute approximate surface area is 162 Å². The van der Waals surface area contributed by atoms with Gasteiger partial charge in [-0.25, -0.2) is 9.59 Å². The van der Waals surface area contributed by atoms with Crippen molar-refractivity contribution in [3.05, 3.63) is 51.3 Å². The van der Waals surface area contributed by atoms with Crippen molar-refractivity contribution in [3.63, 3.8) is 0 Å². The Morgan fingerprint density at radius 1 is 1.11 bits per heavy atom. The van der Waals surface area contributed by atoms with Crippen LogP contribution in [0.4, 0.5) is 5.82 Å². The van der Waals surface area contributed by atoms with Gasteiger partial charge < -0.3 is 20.9 Å². The van der Waals surface area contributed by atoms with E-state index in [4.69, 9.17) is 5.73 Å². The smallest absolute Gasteiger partial charge is 0.342 e. The summed E-state index contributed by atoms with van der Waals surface area (Å²) >= 11 is 0. The van der Waals surface area contributed by atoms with Crippen molar-refractivity contribution < 1.29 is 19.8 Å². The molecule has 8 nitrogen and oxygen atoms in total. The lowest BCUT2D eigenvalue weighted by atomic mass is 9.91. The van der Waals surface area contributed by atoms with Crippen LogP contribution in [-0.2, 0) is 6.54 Å². The van der Waals surface area contributed by atoms with Gasteiger partial charge in [0.15, 0.2) is 0 Å². The molecule has 2 rings (SSSR count). The maximum atomic E-state index is 12.3. The van der Waals surface area contributed by atoms with E-state index in [1.807, 2.05) is 6.92 Å². The number of carbonyl (C=O) groups is 2. The molecule has 0 radical (unpaired) electrons. The van der Waals surface area contributed by atoms with E-state index in [2.05, 4.69) is 16.8 Å². The second-order valence-electron chi connectivity index (χ2n) is 6.48. The zero-order chi connectivity index (χ0) is 20.8. The van der Waals surface area contributed by atoms with Gasteiger partial charge in [0.1, 0.15) is 16.9 Å². The van der Waals surface area contributed by atoms with Crippen LogP contribution in [0.5, 0.6) is 0 Å². The molecule has 0 bridgehead atoms. The standard InChI is InChI=1S/C20H25N3O5/c1-3-5-10-23(4-2)11-12-8-6-7-9-13(12)14-15(19(25)26)17(21)22-18(24)16(14)20(27)28/h6-9H,3-5,10-11H2,1-2H3,(H,25,26)(H,27,28)(H3,21,22,24). The third kappa shape index (κ3) is 4.40. The lowest BCUT2D eigenvalue weighted by molar-refractivity contribution is 0.0695. The molecule has 150 valence electrons. The van der Waals surface area contributed by atoms with Gasteiger partial charge in [0.05, 0.1) is 0 Å². The fourth-order valence-corrected chi connectivity index (χ4v) is 3.19. The molecular weight excluding hydrogens is 362 g/mol. The highest BCUT2D eigenvalue weighted by molar-refractivity contribution is 6.07. The number of unbranched alkanes of at least 4 members (excludes halogenated alkanes) is 1. The number of anilines is 1. The Hall–Kier alpha value is -3.13. The summed E-state index contributed by atoms with van der Waals surface area (Å²) in [6, 6.07) is 6.90. The van der Waals surface area contributed by atoms with Gasteiger partial charge in [-0.15, -0.1) is 0 Å². The SMILES string of the molecule is CCCCN(CC)Cc1ccccc1-c1c(C(=O)O)c(N)[nH]c(=O)c1C(=O)O. The van der Waals surface area contributed by atoms with Gasteiger partial charge in [-0.1, -0.05) is 44.5 Å². The number of hydrogen-bond donors (Lipinski definition) is 4. The summed E-state index contributed by atoms with van der Waals surface area (Å²) in [5, 5.41) is 19.2. The van der Waals surface area contributed by atoms with Gasteiger partial charge >= 0.3 is 11.9 Å². The van der Waals surface area contributed by atoms with E-state index < -0.39 is 28.6 Å². The summed E-state index contributed by atoms with van der Waals surface area (Å²) in [5.74, 6) is -3.28. The molecule has 0 saturated carbocycles. The number of carboxylic acid groups (broad SMARTS) is 2. The van der Waals surface area contributed by atoms with Crippen LogP contribution in [0.1, 0.15) is 53.0 Å².